The van der Waals surface area contributed by atoms with Crippen molar-refractivity contribution in [3.63, 3.8) is 0 Å². The highest BCUT2D eigenvalue weighted by atomic mass is 17.2. The van der Waals surface area contributed by atoms with Gasteiger partial charge in [0, 0.05) is 12.1 Å². The Balaban J connectivity index is 0.962. The van der Waals surface area contributed by atoms with Gasteiger partial charge in [-0.15, -0.1) is 0 Å². The molecule has 14 nitrogen and oxygen atoms in total. The van der Waals surface area contributed by atoms with Gasteiger partial charge in [-0.2, -0.15) is 5.48 Å². The number of esters is 1. The molecular formula is C38H64N2O12. The Morgan fingerprint density at radius 1 is 0.654 bits per heavy atom. The van der Waals surface area contributed by atoms with Crippen molar-refractivity contribution in [2.45, 2.75) is 152 Å². The van der Waals surface area contributed by atoms with Crippen molar-refractivity contribution in [2.24, 2.45) is 35.5 Å². The molecule has 0 heterocycles. The molecule has 5 saturated carbocycles. The van der Waals surface area contributed by atoms with Gasteiger partial charge in [0.05, 0.1) is 76.2 Å². The lowest BCUT2D eigenvalue weighted by atomic mass is 9.73. The highest BCUT2D eigenvalue weighted by molar-refractivity contribution is 5.85. The van der Waals surface area contributed by atoms with E-state index < -0.39 is 17.8 Å². The Labute approximate surface area is 308 Å². The molecule has 0 aromatic heterocycles. The van der Waals surface area contributed by atoms with Crippen molar-refractivity contribution in [2.75, 3.05) is 34.0 Å². The number of amides is 1. The SMILES string of the molecule is COOCC1CCC(C(=O)O)C(C(=O)NC2CCC(OC3CCCC(OC4CCC(NOCC5CC(C(=O)OC)CCC5COO)CC4)C3)CC2)C1. The van der Waals surface area contributed by atoms with Crippen LogP contribution in [0, 0.1) is 35.5 Å². The summed E-state index contributed by atoms with van der Waals surface area (Å²) in [5.41, 5.74) is 3.26. The van der Waals surface area contributed by atoms with E-state index in [4.69, 9.17) is 34.1 Å². The molecule has 0 aromatic rings. The summed E-state index contributed by atoms with van der Waals surface area (Å²) in [4.78, 5) is 57.5. The summed E-state index contributed by atoms with van der Waals surface area (Å²) in [6, 6.07) is 0.294. The number of carboxylic acid groups (broad SMARTS) is 1. The second kappa shape index (κ2) is 21.3. The minimum absolute atomic E-state index is 0.0406. The zero-order valence-corrected chi connectivity index (χ0v) is 31.3. The fourth-order valence-corrected chi connectivity index (χ4v) is 9.52. The molecule has 8 atom stereocenters. The third kappa shape index (κ3) is 12.3. The molecule has 5 aliphatic rings. The molecule has 0 bridgehead atoms. The first-order chi connectivity index (χ1) is 25.3. The van der Waals surface area contributed by atoms with Crippen LogP contribution in [0.1, 0.15) is 116 Å². The van der Waals surface area contributed by atoms with Crippen LogP contribution < -0.4 is 10.8 Å². The highest BCUT2D eigenvalue weighted by Gasteiger charge is 2.41. The average molecular weight is 741 g/mol. The molecule has 0 radical (unpaired) electrons. The standard InChI is InChI=1S/C38H64N2O12/c1-46-38(44)25-7-8-26(23-49-45)27(19-25)22-48-40-29-11-15-31(16-12-29)52-33-5-3-4-32(20-33)51-30-13-9-28(10-14-30)39-36(41)35-18-24(21-50-47-2)6-17-34(35)37(42)43/h24-35,40,45H,3-23H2,1-2H3,(H,39,41)(H,42,43). The molecule has 0 spiro atoms. The van der Waals surface area contributed by atoms with Crippen molar-refractivity contribution < 1.29 is 58.5 Å². The van der Waals surface area contributed by atoms with Gasteiger partial charge in [0.1, 0.15) is 0 Å². The van der Waals surface area contributed by atoms with Crippen molar-refractivity contribution in [1.29, 1.82) is 0 Å². The summed E-state index contributed by atoms with van der Waals surface area (Å²) >= 11 is 0. The minimum atomic E-state index is -0.901. The van der Waals surface area contributed by atoms with E-state index in [0.29, 0.717) is 38.9 Å². The van der Waals surface area contributed by atoms with Gasteiger partial charge >= 0.3 is 11.9 Å². The average Bonchev–Trinajstić information content (AvgIpc) is 3.15. The molecule has 14 heteroatoms. The maximum Gasteiger partial charge on any atom is 0.308 e. The normalized spacial score (nSPS) is 37.2. The van der Waals surface area contributed by atoms with Crippen molar-refractivity contribution in [1.82, 2.24) is 10.8 Å². The van der Waals surface area contributed by atoms with Crippen LogP contribution in [0.2, 0.25) is 0 Å². The predicted octanol–water partition coefficient (Wildman–Crippen LogP) is 4.98. The maximum atomic E-state index is 13.3. The van der Waals surface area contributed by atoms with Gasteiger partial charge in [0.15, 0.2) is 0 Å². The summed E-state index contributed by atoms with van der Waals surface area (Å²) < 4.78 is 18.2. The van der Waals surface area contributed by atoms with Crippen LogP contribution in [0.15, 0.2) is 0 Å². The van der Waals surface area contributed by atoms with Gasteiger partial charge in [-0.25, -0.2) is 14.7 Å². The second-order valence-corrected chi connectivity index (χ2v) is 16.1. The quantitative estimate of drug-likeness (QED) is 0.0892. The summed E-state index contributed by atoms with van der Waals surface area (Å²) in [6.07, 6.45) is 16.1. The minimum Gasteiger partial charge on any atom is -0.481 e. The van der Waals surface area contributed by atoms with Gasteiger partial charge in [-0.1, -0.05) is 0 Å². The lowest BCUT2D eigenvalue weighted by Gasteiger charge is -2.38. The zero-order valence-electron chi connectivity index (χ0n) is 31.3. The molecule has 1 amide bonds. The maximum absolute atomic E-state index is 13.3. The molecule has 298 valence electrons. The predicted molar refractivity (Wildman–Crippen MR) is 187 cm³/mol. The van der Waals surface area contributed by atoms with Gasteiger partial charge in [0.2, 0.25) is 5.91 Å². The van der Waals surface area contributed by atoms with E-state index in [1.165, 1.54) is 14.2 Å². The topological polar surface area (TPSA) is 180 Å². The van der Waals surface area contributed by atoms with E-state index >= 15 is 0 Å². The van der Waals surface area contributed by atoms with Crippen LogP contribution in [-0.2, 0) is 48.1 Å². The number of aliphatic carboxylic acids is 1. The molecule has 8 unspecified atom stereocenters. The first-order valence-electron chi connectivity index (χ1n) is 20.0. The number of hydroxylamine groups is 1. The van der Waals surface area contributed by atoms with Gasteiger partial charge < -0.3 is 29.5 Å². The number of nitrogens with one attached hydrogen (secondary N) is 2. The van der Waals surface area contributed by atoms with Crippen molar-refractivity contribution >= 4 is 17.8 Å². The molecule has 5 aliphatic carbocycles. The Morgan fingerprint density at radius 3 is 1.94 bits per heavy atom. The van der Waals surface area contributed by atoms with Gasteiger partial charge in [-0.3, -0.25) is 19.6 Å². The Bertz CT molecular complexity index is 1100. The first kappa shape index (κ1) is 41.3. The molecule has 4 N–H and O–H groups in total. The smallest absolute Gasteiger partial charge is 0.308 e. The fraction of sp³-hybridized carbons (Fsp3) is 0.921. The van der Waals surface area contributed by atoms with E-state index in [0.717, 1.165) is 89.9 Å². The van der Waals surface area contributed by atoms with Gasteiger partial charge in [-0.05, 0) is 133 Å². The molecule has 0 aliphatic heterocycles. The van der Waals surface area contributed by atoms with Crippen LogP contribution in [0.4, 0.5) is 0 Å². The van der Waals surface area contributed by atoms with Crippen LogP contribution in [0.25, 0.3) is 0 Å². The lowest BCUT2D eigenvalue weighted by Crippen LogP contribution is -2.47. The Kier molecular flexibility index (Phi) is 16.9. The summed E-state index contributed by atoms with van der Waals surface area (Å²) in [6.45, 7) is 1.06. The van der Waals surface area contributed by atoms with E-state index in [1.807, 2.05) is 0 Å². The van der Waals surface area contributed by atoms with Crippen molar-refractivity contribution in [3.8, 4) is 0 Å². The molecule has 5 fully saturated rings. The van der Waals surface area contributed by atoms with Crippen LogP contribution in [0.5, 0.6) is 0 Å². The summed E-state index contributed by atoms with van der Waals surface area (Å²) in [5, 5.41) is 22.0. The van der Waals surface area contributed by atoms with E-state index in [2.05, 4.69) is 15.7 Å². The summed E-state index contributed by atoms with van der Waals surface area (Å²) in [5.74, 6) is -2.24. The molecule has 5 rings (SSSR count). The third-order valence-electron chi connectivity index (χ3n) is 12.6. The molecule has 0 aromatic carbocycles. The second-order valence-electron chi connectivity index (χ2n) is 16.1. The number of ether oxygens (including phenoxy) is 3. The number of carbonyl (C=O) groups excluding carboxylic acids is 2. The van der Waals surface area contributed by atoms with Crippen LogP contribution in [-0.4, -0.2) is 98.7 Å². The molecule has 52 heavy (non-hydrogen) atoms. The summed E-state index contributed by atoms with van der Waals surface area (Å²) in [7, 11) is 2.88. The van der Waals surface area contributed by atoms with Crippen LogP contribution >= 0.6 is 0 Å². The van der Waals surface area contributed by atoms with E-state index in [-0.39, 0.29) is 78.7 Å². The lowest BCUT2D eigenvalue weighted by molar-refractivity contribution is -0.281. The number of carbonyl (C=O) groups is 3. The largest absolute Gasteiger partial charge is 0.481 e. The van der Waals surface area contributed by atoms with Crippen LogP contribution in [0.3, 0.4) is 0 Å². The number of rotatable bonds is 17. The zero-order chi connectivity index (χ0) is 36.9. The number of hydrogen-bond donors (Lipinski definition) is 4. The number of hydrogen-bond acceptors (Lipinski definition) is 12. The number of carboxylic acids is 1. The first-order valence-corrected chi connectivity index (χ1v) is 20.0. The molecule has 0 saturated heterocycles. The van der Waals surface area contributed by atoms with Gasteiger partial charge in [0.25, 0.3) is 0 Å². The fourth-order valence-electron chi connectivity index (χ4n) is 9.52. The third-order valence-corrected chi connectivity index (χ3v) is 12.6. The highest BCUT2D eigenvalue weighted by Crippen LogP contribution is 2.37. The Hall–Kier alpha value is -1.91. The van der Waals surface area contributed by atoms with E-state index in [9.17, 15) is 19.5 Å². The van der Waals surface area contributed by atoms with E-state index in [1.54, 1.807) is 0 Å². The number of methoxy groups -OCH3 is 1. The molecular weight excluding hydrogens is 676 g/mol. The van der Waals surface area contributed by atoms with Crippen molar-refractivity contribution in [3.05, 3.63) is 0 Å². The Morgan fingerprint density at radius 2 is 1.33 bits per heavy atom. The monoisotopic (exact) mass is 740 g/mol.